The molecule has 0 spiro atoms. The van der Waals surface area contributed by atoms with Crippen molar-refractivity contribution < 1.29 is 23.9 Å². The van der Waals surface area contributed by atoms with Crippen LogP contribution in [0.3, 0.4) is 0 Å². The van der Waals surface area contributed by atoms with Gasteiger partial charge in [-0.15, -0.1) is 0 Å². The molecule has 1 aromatic carbocycles. The lowest BCUT2D eigenvalue weighted by atomic mass is 10.0. The highest BCUT2D eigenvalue weighted by Gasteiger charge is 2.49. The maximum Gasteiger partial charge on any atom is 0.335 e. The Hall–Kier alpha value is -2.03. The number of benzene rings is 1. The normalized spacial score (nSPS) is 24.9. The maximum absolute atomic E-state index is 13.1. The van der Waals surface area contributed by atoms with Gasteiger partial charge in [0.1, 0.15) is 25.8 Å². The lowest BCUT2D eigenvalue weighted by molar-refractivity contribution is -0.0707. The summed E-state index contributed by atoms with van der Waals surface area (Å²) in [5.74, 6) is -1.53. The molecule has 2 heterocycles. The lowest BCUT2D eigenvalue weighted by Crippen LogP contribution is -2.43. The van der Waals surface area contributed by atoms with Crippen LogP contribution in [0.15, 0.2) is 52.2 Å². The monoisotopic (exact) mass is 452 g/mol. The zero-order chi connectivity index (χ0) is 22.8. The number of hydrogen-bond acceptors (Lipinski definition) is 7. The predicted molar refractivity (Wildman–Crippen MR) is 116 cm³/mol. The van der Waals surface area contributed by atoms with Crippen molar-refractivity contribution in [1.29, 1.82) is 0 Å². The molecule has 31 heavy (non-hydrogen) atoms. The minimum absolute atomic E-state index is 0.224. The SMILES string of the molecule is CO[C@@H]1[C@H](C)[C@@H](C(O)P(C)(C)=O)O[C@H]1n1ccc(=O)n(COCc2ccccc2)c1=O. The maximum atomic E-state index is 13.1. The van der Waals surface area contributed by atoms with Crippen LogP contribution in [-0.2, 0) is 32.1 Å². The van der Waals surface area contributed by atoms with Gasteiger partial charge in [-0.2, -0.15) is 0 Å². The van der Waals surface area contributed by atoms with Gasteiger partial charge in [0.05, 0.1) is 12.7 Å². The summed E-state index contributed by atoms with van der Waals surface area (Å²) in [6, 6.07) is 10.7. The van der Waals surface area contributed by atoms with Gasteiger partial charge in [0.15, 0.2) is 6.23 Å². The quantitative estimate of drug-likeness (QED) is 0.607. The van der Waals surface area contributed by atoms with Crippen molar-refractivity contribution in [2.24, 2.45) is 5.92 Å². The third-order valence-electron chi connectivity index (χ3n) is 5.52. The Balaban J connectivity index is 1.85. The van der Waals surface area contributed by atoms with E-state index in [0.717, 1.165) is 10.1 Å². The molecule has 2 aromatic rings. The summed E-state index contributed by atoms with van der Waals surface area (Å²) >= 11 is 0. The van der Waals surface area contributed by atoms with Gasteiger partial charge in [-0.25, -0.2) is 9.36 Å². The van der Waals surface area contributed by atoms with Crippen molar-refractivity contribution in [1.82, 2.24) is 9.13 Å². The molecule has 3 rings (SSSR count). The van der Waals surface area contributed by atoms with Gasteiger partial charge < -0.3 is 23.9 Å². The standard InChI is InChI=1S/C21H29N2O7P/c1-14-17(28-2)19(30-18(14)20(25)31(3,4)27)22-11-10-16(24)23(21(22)26)13-29-12-15-8-6-5-7-9-15/h5-11,14,17-20,25H,12-13H2,1-4H3/t14-,17+,18-,19+,20?/m0/s1. The molecule has 9 nitrogen and oxygen atoms in total. The van der Waals surface area contributed by atoms with Crippen LogP contribution in [0.2, 0.25) is 0 Å². The Morgan fingerprint density at radius 2 is 1.87 bits per heavy atom. The number of hydrogen-bond donors (Lipinski definition) is 1. The minimum Gasteiger partial charge on any atom is -0.383 e. The third-order valence-corrected chi connectivity index (χ3v) is 7.09. The van der Waals surface area contributed by atoms with Gasteiger partial charge in [0.2, 0.25) is 0 Å². The number of nitrogens with zero attached hydrogens (tertiary/aromatic N) is 2. The highest BCUT2D eigenvalue weighted by molar-refractivity contribution is 7.62. The summed E-state index contributed by atoms with van der Waals surface area (Å²) in [6.07, 6.45) is -0.911. The fraction of sp³-hybridized carbons (Fsp3) is 0.524. The number of ether oxygens (including phenoxy) is 3. The number of rotatable bonds is 8. The molecule has 0 amide bonds. The Morgan fingerprint density at radius 1 is 1.19 bits per heavy atom. The van der Waals surface area contributed by atoms with Gasteiger partial charge >= 0.3 is 5.69 Å². The molecule has 1 aromatic heterocycles. The van der Waals surface area contributed by atoms with Crippen LogP contribution in [0.4, 0.5) is 0 Å². The smallest absolute Gasteiger partial charge is 0.335 e. The van der Waals surface area contributed by atoms with Crippen molar-refractivity contribution in [3.05, 3.63) is 69.0 Å². The van der Waals surface area contributed by atoms with Crippen LogP contribution < -0.4 is 11.2 Å². The first-order valence-corrected chi connectivity index (χ1v) is 12.7. The molecule has 0 saturated carbocycles. The highest BCUT2D eigenvalue weighted by Crippen LogP contribution is 2.49. The molecule has 1 N–H and O–H groups in total. The van der Waals surface area contributed by atoms with Gasteiger partial charge in [0, 0.05) is 25.3 Å². The Kier molecular flexibility index (Phi) is 7.34. The van der Waals surface area contributed by atoms with Crippen molar-refractivity contribution in [3.63, 3.8) is 0 Å². The van der Waals surface area contributed by atoms with E-state index in [9.17, 15) is 19.3 Å². The molecule has 1 aliphatic heterocycles. The van der Waals surface area contributed by atoms with Crippen LogP contribution in [0.1, 0.15) is 18.7 Å². The molecule has 1 saturated heterocycles. The number of aliphatic hydroxyl groups is 1. The molecule has 1 fully saturated rings. The number of methoxy groups -OCH3 is 1. The summed E-state index contributed by atoms with van der Waals surface area (Å²) in [4.78, 5) is 25.3. The Labute approximate surface area is 180 Å². The molecular weight excluding hydrogens is 423 g/mol. The first-order valence-electron chi connectivity index (χ1n) is 9.99. The Morgan fingerprint density at radius 3 is 2.48 bits per heavy atom. The predicted octanol–water partition coefficient (Wildman–Crippen LogP) is 1.67. The van der Waals surface area contributed by atoms with E-state index in [1.807, 2.05) is 37.3 Å². The van der Waals surface area contributed by atoms with E-state index in [2.05, 4.69) is 0 Å². The van der Waals surface area contributed by atoms with E-state index in [0.29, 0.717) is 0 Å². The molecule has 1 unspecified atom stereocenters. The highest BCUT2D eigenvalue weighted by atomic mass is 31.2. The van der Waals surface area contributed by atoms with Gasteiger partial charge in [-0.05, 0) is 18.9 Å². The van der Waals surface area contributed by atoms with E-state index in [1.165, 1.54) is 37.3 Å². The van der Waals surface area contributed by atoms with Crippen molar-refractivity contribution in [2.45, 2.75) is 44.5 Å². The summed E-state index contributed by atoms with van der Waals surface area (Å²) in [7, 11) is -1.38. The first-order chi connectivity index (χ1) is 14.6. The Bertz CT molecular complexity index is 1050. The average Bonchev–Trinajstić information content (AvgIpc) is 3.05. The van der Waals surface area contributed by atoms with Crippen LogP contribution >= 0.6 is 7.14 Å². The van der Waals surface area contributed by atoms with Gasteiger partial charge in [-0.3, -0.25) is 9.36 Å². The minimum atomic E-state index is -2.86. The summed E-state index contributed by atoms with van der Waals surface area (Å²) in [5.41, 5.74) is -0.205. The van der Waals surface area contributed by atoms with E-state index < -0.39 is 42.7 Å². The largest absolute Gasteiger partial charge is 0.383 e. The van der Waals surface area contributed by atoms with E-state index in [1.54, 1.807) is 0 Å². The molecule has 0 aliphatic carbocycles. The van der Waals surface area contributed by atoms with Crippen molar-refractivity contribution in [2.75, 3.05) is 20.4 Å². The van der Waals surface area contributed by atoms with Gasteiger partial charge in [0.25, 0.3) is 5.56 Å². The molecule has 170 valence electrons. The summed E-state index contributed by atoms with van der Waals surface area (Å²) in [5, 5.41) is 10.5. The second kappa shape index (κ2) is 9.63. The average molecular weight is 452 g/mol. The van der Waals surface area contributed by atoms with E-state index in [-0.39, 0.29) is 19.3 Å². The zero-order valence-corrected chi connectivity index (χ0v) is 19.0. The second-order valence-corrected chi connectivity index (χ2v) is 11.5. The van der Waals surface area contributed by atoms with Crippen LogP contribution in [-0.4, -0.2) is 52.7 Å². The summed E-state index contributed by atoms with van der Waals surface area (Å²) < 4.78 is 31.7. The van der Waals surface area contributed by atoms with Crippen LogP contribution in [0, 0.1) is 5.92 Å². The fourth-order valence-corrected chi connectivity index (χ4v) is 4.78. The molecule has 10 heteroatoms. The third kappa shape index (κ3) is 5.07. The molecule has 0 radical (unpaired) electrons. The number of aliphatic hydroxyl groups excluding tert-OH is 1. The topological polar surface area (TPSA) is 109 Å². The fourth-order valence-electron chi connectivity index (χ4n) is 3.73. The molecule has 5 atom stereocenters. The van der Waals surface area contributed by atoms with Crippen LogP contribution in [0.5, 0.6) is 0 Å². The molecule has 0 bridgehead atoms. The number of aromatic nitrogens is 2. The van der Waals surface area contributed by atoms with Crippen molar-refractivity contribution in [3.8, 4) is 0 Å². The molecule has 1 aliphatic rings. The van der Waals surface area contributed by atoms with Crippen molar-refractivity contribution >= 4 is 7.14 Å². The molecular formula is C21H29N2O7P. The van der Waals surface area contributed by atoms with Gasteiger partial charge in [-0.1, -0.05) is 37.3 Å². The zero-order valence-electron chi connectivity index (χ0n) is 18.1. The van der Waals surface area contributed by atoms with Crippen LogP contribution in [0.25, 0.3) is 0 Å². The van der Waals surface area contributed by atoms with E-state index >= 15 is 0 Å². The van der Waals surface area contributed by atoms with E-state index in [4.69, 9.17) is 14.2 Å². The summed E-state index contributed by atoms with van der Waals surface area (Å²) in [6.45, 7) is 4.80. The first kappa shape index (κ1) is 23.6. The second-order valence-electron chi connectivity index (χ2n) is 8.13. The lowest BCUT2D eigenvalue weighted by Gasteiger charge is -2.25.